The van der Waals surface area contributed by atoms with Gasteiger partial charge in [-0.05, 0) is 43.3 Å². The summed E-state index contributed by atoms with van der Waals surface area (Å²) in [5.41, 5.74) is -0.0434. The highest BCUT2D eigenvalue weighted by Crippen LogP contribution is 2.35. The number of hydrogen-bond donors (Lipinski definition) is 6. The normalized spacial score (nSPS) is 11.4. The Morgan fingerprint density at radius 2 is 1.52 bits per heavy atom. The SMILES string of the molecule is CC(Oc1ccc(O)cc1)C(=O)NCCNC(=O)c1cc(O)c(O)c(O)c1. The van der Waals surface area contributed by atoms with Crippen molar-refractivity contribution < 1.29 is 34.8 Å². The van der Waals surface area contributed by atoms with Crippen molar-refractivity contribution in [1.82, 2.24) is 10.6 Å². The summed E-state index contributed by atoms with van der Waals surface area (Å²) >= 11 is 0. The Bertz CT molecular complexity index is 798. The molecular weight excluding hydrogens is 356 g/mol. The maximum Gasteiger partial charge on any atom is 0.260 e. The molecule has 27 heavy (non-hydrogen) atoms. The van der Waals surface area contributed by atoms with Gasteiger partial charge in [0.2, 0.25) is 0 Å². The zero-order valence-electron chi connectivity index (χ0n) is 14.5. The minimum absolute atomic E-state index is 0.0434. The lowest BCUT2D eigenvalue weighted by Crippen LogP contribution is -2.40. The number of nitrogens with one attached hydrogen (secondary N) is 2. The summed E-state index contributed by atoms with van der Waals surface area (Å²) in [4.78, 5) is 23.9. The van der Waals surface area contributed by atoms with Gasteiger partial charge in [-0.15, -0.1) is 0 Å². The minimum Gasteiger partial charge on any atom is -0.508 e. The molecule has 0 saturated heterocycles. The first-order chi connectivity index (χ1) is 12.8. The van der Waals surface area contributed by atoms with Crippen molar-refractivity contribution >= 4 is 11.8 Å². The van der Waals surface area contributed by atoms with Crippen LogP contribution in [-0.2, 0) is 4.79 Å². The molecule has 0 saturated carbocycles. The van der Waals surface area contributed by atoms with Gasteiger partial charge >= 0.3 is 0 Å². The van der Waals surface area contributed by atoms with Gasteiger partial charge in [0.15, 0.2) is 23.4 Å². The maximum absolute atomic E-state index is 12.0. The van der Waals surface area contributed by atoms with Gasteiger partial charge in [0.05, 0.1) is 0 Å². The van der Waals surface area contributed by atoms with Gasteiger partial charge in [0.25, 0.3) is 11.8 Å². The summed E-state index contributed by atoms with van der Waals surface area (Å²) in [6.45, 7) is 1.78. The van der Waals surface area contributed by atoms with Crippen molar-refractivity contribution in [3.8, 4) is 28.7 Å². The average Bonchev–Trinajstić information content (AvgIpc) is 2.64. The zero-order chi connectivity index (χ0) is 20.0. The third-order valence-electron chi connectivity index (χ3n) is 3.56. The van der Waals surface area contributed by atoms with Crippen LogP contribution < -0.4 is 15.4 Å². The number of carbonyl (C=O) groups is 2. The minimum atomic E-state index is -0.781. The molecule has 1 unspecified atom stereocenters. The van der Waals surface area contributed by atoms with E-state index in [4.69, 9.17) is 4.74 Å². The third-order valence-corrected chi connectivity index (χ3v) is 3.56. The van der Waals surface area contributed by atoms with Crippen LogP contribution in [0.5, 0.6) is 28.7 Å². The van der Waals surface area contributed by atoms with Crippen LogP contribution in [-0.4, -0.2) is 51.4 Å². The van der Waals surface area contributed by atoms with Crippen LogP contribution in [0.25, 0.3) is 0 Å². The molecule has 0 aromatic heterocycles. The predicted molar refractivity (Wildman–Crippen MR) is 95.0 cm³/mol. The molecule has 2 rings (SSSR count). The van der Waals surface area contributed by atoms with Crippen LogP contribution in [0.3, 0.4) is 0 Å². The van der Waals surface area contributed by atoms with E-state index in [1.54, 1.807) is 6.92 Å². The van der Waals surface area contributed by atoms with Crippen molar-refractivity contribution in [1.29, 1.82) is 0 Å². The number of ether oxygens (including phenoxy) is 1. The van der Waals surface area contributed by atoms with Gasteiger partial charge in [-0.3, -0.25) is 9.59 Å². The number of phenolic OH excluding ortho intramolecular Hbond substituents is 4. The molecular formula is C18H20N2O7. The molecule has 0 aliphatic carbocycles. The summed E-state index contributed by atoms with van der Waals surface area (Å²) < 4.78 is 5.43. The highest BCUT2D eigenvalue weighted by molar-refractivity contribution is 5.95. The van der Waals surface area contributed by atoms with Crippen molar-refractivity contribution in [2.24, 2.45) is 0 Å². The third kappa shape index (κ3) is 5.43. The van der Waals surface area contributed by atoms with Gasteiger partial charge < -0.3 is 35.8 Å². The smallest absolute Gasteiger partial charge is 0.260 e. The Kier molecular flexibility index (Phi) is 6.32. The molecule has 144 valence electrons. The fraction of sp³-hybridized carbons (Fsp3) is 0.222. The Morgan fingerprint density at radius 3 is 2.11 bits per heavy atom. The van der Waals surface area contributed by atoms with Crippen LogP contribution in [0.15, 0.2) is 36.4 Å². The van der Waals surface area contributed by atoms with E-state index in [1.165, 1.54) is 24.3 Å². The van der Waals surface area contributed by atoms with Crippen LogP contribution in [0, 0.1) is 0 Å². The van der Waals surface area contributed by atoms with Gasteiger partial charge in [-0.2, -0.15) is 0 Å². The van der Waals surface area contributed by atoms with Crippen molar-refractivity contribution in [2.45, 2.75) is 13.0 Å². The van der Waals surface area contributed by atoms with Gasteiger partial charge in [0.1, 0.15) is 11.5 Å². The fourth-order valence-electron chi connectivity index (χ4n) is 2.13. The quantitative estimate of drug-likeness (QED) is 0.309. The summed E-state index contributed by atoms with van der Waals surface area (Å²) in [6.07, 6.45) is -0.781. The summed E-state index contributed by atoms with van der Waals surface area (Å²) in [7, 11) is 0. The molecule has 9 nitrogen and oxygen atoms in total. The lowest BCUT2D eigenvalue weighted by Gasteiger charge is -2.15. The molecule has 0 heterocycles. The molecule has 0 spiro atoms. The molecule has 0 radical (unpaired) electrons. The van der Waals surface area contributed by atoms with Gasteiger partial charge in [-0.1, -0.05) is 0 Å². The van der Waals surface area contributed by atoms with E-state index < -0.39 is 35.2 Å². The largest absolute Gasteiger partial charge is 0.508 e. The fourth-order valence-corrected chi connectivity index (χ4v) is 2.13. The van der Waals surface area contributed by atoms with E-state index in [0.29, 0.717) is 5.75 Å². The topological polar surface area (TPSA) is 148 Å². The lowest BCUT2D eigenvalue weighted by molar-refractivity contribution is -0.127. The number of aromatic hydroxyl groups is 4. The summed E-state index contributed by atoms with van der Waals surface area (Å²) in [6, 6.07) is 7.96. The predicted octanol–water partition coefficient (Wildman–Crippen LogP) is 0.822. The van der Waals surface area contributed by atoms with Gasteiger partial charge in [0, 0.05) is 18.7 Å². The Morgan fingerprint density at radius 1 is 0.963 bits per heavy atom. The molecule has 0 aliphatic heterocycles. The number of amides is 2. The first-order valence-corrected chi connectivity index (χ1v) is 8.04. The molecule has 9 heteroatoms. The number of phenols is 4. The van der Waals surface area contributed by atoms with Crippen LogP contribution in [0.4, 0.5) is 0 Å². The lowest BCUT2D eigenvalue weighted by atomic mass is 10.1. The van der Waals surface area contributed by atoms with E-state index in [9.17, 15) is 30.0 Å². The van der Waals surface area contributed by atoms with E-state index in [0.717, 1.165) is 12.1 Å². The number of rotatable bonds is 7. The van der Waals surface area contributed by atoms with Crippen molar-refractivity contribution in [3.05, 3.63) is 42.0 Å². The molecule has 0 fully saturated rings. The second-order valence-electron chi connectivity index (χ2n) is 5.66. The van der Waals surface area contributed by atoms with E-state index in [-0.39, 0.29) is 24.4 Å². The first kappa shape index (κ1) is 19.7. The number of benzene rings is 2. The Labute approximate surface area is 154 Å². The van der Waals surface area contributed by atoms with E-state index >= 15 is 0 Å². The Balaban J connectivity index is 1.76. The second-order valence-corrected chi connectivity index (χ2v) is 5.66. The molecule has 1 atom stereocenters. The number of hydrogen-bond acceptors (Lipinski definition) is 7. The van der Waals surface area contributed by atoms with Crippen molar-refractivity contribution in [3.63, 3.8) is 0 Å². The molecule has 2 aromatic carbocycles. The Hall–Kier alpha value is -3.62. The molecule has 0 bridgehead atoms. The zero-order valence-corrected chi connectivity index (χ0v) is 14.5. The monoisotopic (exact) mass is 376 g/mol. The van der Waals surface area contributed by atoms with Crippen molar-refractivity contribution in [2.75, 3.05) is 13.1 Å². The van der Waals surface area contributed by atoms with Crippen LogP contribution in [0.1, 0.15) is 17.3 Å². The first-order valence-electron chi connectivity index (χ1n) is 8.04. The second kappa shape index (κ2) is 8.65. The highest BCUT2D eigenvalue weighted by Gasteiger charge is 2.15. The standard InChI is InChI=1S/C18H20N2O7/c1-10(27-13-4-2-12(21)3-5-13)17(25)19-6-7-20-18(26)11-8-14(22)16(24)15(23)9-11/h2-5,8-10,21-24H,6-7H2,1H3,(H,19,25)(H,20,26). The maximum atomic E-state index is 12.0. The molecule has 2 amide bonds. The average molecular weight is 376 g/mol. The van der Waals surface area contributed by atoms with Gasteiger partial charge in [-0.25, -0.2) is 0 Å². The molecule has 6 N–H and O–H groups in total. The highest BCUT2D eigenvalue weighted by atomic mass is 16.5. The van der Waals surface area contributed by atoms with E-state index in [2.05, 4.69) is 10.6 Å². The van der Waals surface area contributed by atoms with E-state index in [1.807, 2.05) is 0 Å². The van der Waals surface area contributed by atoms with Crippen LogP contribution in [0.2, 0.25) is 0 Å². The summed E-state index contributed by atoms with van der Waals surface area (Å²) in [5, 5.41) is 42.3. The van der Waals surface area contributed by atoms with Crippen LogP contribution >= 0.6 is 0 Å². The molecule has 0 aliphatic rings. The molecule has 2 aromatic rings. The summed E-state index contributed by atoms with van der Waals surface area (Å²) in [5.74, 6) is -2.41. The number of carbonyl (C=O) groups excluding carboxylic acids is 2.